The van der Waals surface area contributed by atoms with Crippen LogP contribution in [0, 0.1) is 13.8 Å². The SMILES string of the molecule is Cc1ccc2cc([Se][Se]c3cc4ccc(C)cc4o3)oc2c1. The van der Waals surface area contributed by atoms with E-state index in [0.29, 0.717) is 26.3 Å². The van der Waals surface area contributed by atoms with E-state index in [1.807, 2.05) is 0 Å². The van der Waals surface area contributed by atoms with E-state index in [9.17, 15) is 0 Å². The van der Waals surface area contributed by atoms with Crippen molar-refractivity contribution >= 4 is 57.5 Å². The molecule has 0 radical (unpaired) electrons. The van der Waals surface area contributed by atoms with Crippen LogP contribution in [0.3, 0.4) is 0 Å². The summed E-state index contributed by atoms with van der Waals surface area (Å²) in [4.78, 5) is 0. The van der Waals surface area contributed by atoms with E-state index >= 15 is 0 Å². The fourth-order valence-corrected chi connectivity index (χ4v) is 7.57. The van der Waals surface area contributed by atoms with Gasteiger partial charge in [0, 0.05) is 0 Å². The summed E-state index contributed by atoms with van der Waals surface area (Å²) in [6.07, 6.45) is 0. The molecule has 4 heteroatoms. The van der Waals surface area contributed by atoms with Gasteiger partial charge >= 0.3 is 140 Å². The zero-order chi connectivity index (χ0) is 15.1. The second-order valence-corrected chi connectivity index (χ2v) is 11.4. The first-order chi connectivity index (χ1) is 10.7. The molecule has 2 nitrogen and oxygen atoms in total. The van der Waals surface area contributed by atoms with E-state index in [0.717, 1.165) is 20.5 Å². The molecule has 4 rings (SSSR count). The molecule has 2 aromatic carbocycles. The van der Waals surface area contributed by atoms with Gasteiger partial charge in [-0.1, -0.05) is 0 Å². The second kappa shape index (κ2) is 5.64. The summed E-state index contributed by atoms with van der Waals surface area (Å²) in [5.74, 6) is 0. The molecule has 110 valence electrons. The molecule has 2 heterocycles. The molecule has 0 spiro atoms. The molecule has 0 aliphatic heterocycles. The van der Waals surface area contributed by atoms with Crippen LogP contribution in [0.4, 0.5) is 0 Å². The number of benzene rings is 2. The zero-order valence-corrected chi connectivity index (χ0v) is 15.7. The van der Waals surface area contributed by atoms with Crippen molar-refractivity contribution in [3.63, 3.8) is 0 Å². The Labute approximate surface area is 139 Å². The van der Waals surface area contributed by atoms with Crippen LogP contribution in [0.2, 0.25) is 0 Å². The van der Waals surface area contributed by atoms with Crippen LogP contribution in [0.1, 0.15) is 11.1 Å². The van der Waals surface area contributed by atoms with E-state index in [2.05, 4.69) is 62.4 Å². The third-order valence-electron chi connectivity index (χ3n) is 3.51. The van der Waals surface area contributed by atoms with Gasteiger partial charge in [0.2, 0.25) is 0 Å². The summed E-state index contributed by atoms with van der Waals surface area (Å²) in [6.45, 7) is 4.18. The van der Waals surface area contributed by atoms with Gasteiger partial charge in [-0.3, -0.25) is 0 Å². The predicted octanol–water partition coefficient (Wildman–Crippen LogP) is 3.07. The Morgan fingerprint density at radius 2 is 1.09 bits per heavy atom. The quantitative estimate of drug-likeness (QED) is 0.477. The van der Waals surface area contributed by atoms with Crippen molar-refractivity contribution in [3.8, 4) is 0 Å². The molecule has 0 amide bonds. The van der Waals surface area contributed by atoms with Gasteiger partial charge in [0.25, 0.3) is 0 Å². The number of hydrogen-bond donors (Lipinski definition) is 0. The van der Waals surface area contributed by atoms with Crippen LogP contribution in [0.5, 0.6) is 0 Å². The molecule has 0 aliphatic rings. The third kappa shape index (κ3) is 2.76. The van der Waals surface area contributed by atoms with Crippen molar-refractivity contribution < 1.29 is 8.83 Å². The minimum absolute atomic E-state index is 0.308. The summed E-state index contributed by atoms with van der Waals surface area (Å²) in [5, 5.41) is 2.39. The predicted molar refractivity (Wildman–Crippen MR) is 92.7 cm³/mol. The first-order valence-corrected chi connectivity index (χ1v) is 13.1. The van der Waals surface area contributed by atoms with Crippen molar-refractivity contribution in [3.05, 3.63) is 59.7 Å². The van der Waals surface area contributed by atoms with Gasteiger partial charge in [0.05, 0.1) is 0 Å². The number of furan rings is 2. The molecule has 0 bridgehead atoms. The maximum atomic E-state index is 5.97. The van der Waals surface area contributed by atoms with Crippen LogP contribution in [-0.4, -0.2) is 26.3 Å². The molecule has 0 aliphatic carbocycles. The van der Waals surface area contributed by atoms with Gasteiger partial charge in [-0.15, -0.1) is 0 Å². The molecule has 0 saturated heterocycles. The summed E-state index contributed by atoms with van der Waals surface area (Å²) in [7, 11) is 0. The Balaban J connectivity index is 1.56. The molecular weight excluding hydrogens is 406 g/mol. The fraction of sp³-hybridized carbons (Fsp3) is 0.111. The van der Waals surface area contributed by atoms with Gasteiger partial charge in [-0.05, 0) is 0 Å². The molecule has 0 atom stereocenters. The van der Waals surface area contributed by atoms with E-state index < -0.39 is 0 Å². The average molecular weight is 420 g/mol. The van der Waals surface area contributed by atoms with Crippen LogP contribution >= 0.6 is 0 Å². The van der Waals surface area contributed by atoms with E-state index in [4.69, 9.17) is 8.83 Å². The van der Waals surface area contributed by atoms with Crippen LogP contribution in [-0.2, 0) is 0 Å². The van der Waals surface area contributed by atoms with Gasteiger partial charge in [0.15, 0.2) is 0 Å². The van der Waals surface area contributed by atoms with Crippen LogP contribution < -0.4 is 9.32 Å². The van der Waals surface area contributed by atoms with Crippen LogP contribution in [0.25, 0.3) is 21.9 Å². The number of hydrogen-bond acceptors (Lipinski definition) is 2. The summed E-state index contributed by atoms with van der Waals surface area (Å²) < 4.78 is 14.1. The normalized spacial score (nSPS) is 11.5. The first-order valence-electron chi connectivity index (χ1n) is 7.02. The van der Waals surface area contributed by atoms with E-state index in [-0.39, 0.29) is 0 Å². The summed E-state index contributed by atoms with van der Waals surface area (Å²) in [6, 6.07) is 17.1. The molecule has 0 fully saturated rings. The topological polar surface area (TPSA) is 26.3 Å². The van der Waals surface area contributed by atoms with E-state index in [1.54, 1.807) is 0 Å². The Bertz CT molecular complexity index is 886. The molecule has 0 unspecified atom stereocenters. The zero-order valence-electron chi connectivity index (χ0n) is 12.3. The third-order valence-corrected chi connectivity index (χ3v) is 9.71. The summed E-state index contributed by atoms with van der Waals surface area (Å²) >= 11 is 0.617. The van der Waals surface area contributed by atoms with Crippen molar-refractivity contribution in [2.75, 3.05) is 0 Å². The fourth-order valence-electron chi connectivity index (χ4n) is 2.39. The van der Waals surface area contributed by atoms with Gasteiger partial charge in [-0.25, -0.2) is 0 Å². The molecule has 2 aromatic heterocycles. The molecule has 0 N–H and O–H groups in total. The molecule has 4 aromatic rings. The number of rotatable bonds is 3. The summed E-state index contributed by atoms with van der Waals surface area (Å²) in [5.41, 5.74) is 4.46. The Morgan fingerprint density at radius 1 is 0.636 bits per heavy atom. The minimum atomic E-state index is 0.308. The monoisotopic (exact) mass is 422 g/mol. The van der Waals surface area contributed by atoms with Gasteiger partial charge in [0.1, 0.15) is 0 Å². The second-order valence-electron chi connectivity index (χ2n) is 5.38. The average Bonchev–Trinajstić information content (AvgIpc) is 3.07. The maximum absolute atomic E-state index is 5.97. The molecule has 22 heavy (non-hydrogen) atoms. The Hall–Kier alpha value is -1.44. The van der Waals surface area contributed by atoms with Crippen molar-refractivity contribution in [1.29, 1.82) is 0 Å². The van der Waals surface area contributed by atoms with Gasteiger partial charge < -0.3 is 0 Å². The Morgan fingerprint density at radius 3 is 1.55 bits per heavy atom. The number of fused-ring (bicyclic) bond motifs is 2. The standard InChI is InChI=1S/C18H14O2Se2/c1-11-3-5-13-9-17(19-15(13)7-11)21-22-18-10-14-6-4-12(2)8-16(14)20-18/h3-10H,1-2H3. The van der Waals surface area contributed by atoms with Crippen LogP contribution in [0.15, 0.2) is 57.4 Å². The first kappa shape index (κ1) is 14.2. The van der Waals surface area contributed by atoms with Gasteiger partial charge in [-0.2, -0.15) is 0 Å². The van der Waals surface area contributed by atoms with Crippen molar-refractivity contribution in [2.45, 2.75) is 13.8 Å². The van der Waals surface area contributed by atoms with Crippen molar-refractivity contribution in [1.82, 2.24) is 0 Å². The number of aryl methyl sites for hydroxylation is 2. The van der Waals surface area contributed by atoms with E-state index in [1.165, 1.54) is 21.9 Å². The molecule has 0 saturated carbocycles. The Kier molecular flexibility index (Phi) is 3.63. The van der Waals surface area contributed by atoms with Crippen molar-refractivity contribution in [2.24, 2.45) is 0 Å². The molecular formula is C18H14O2Se2.